The average molecular weight is 339 g/mol. The molecule has 1 aliphatic heterocycles. The molecule has 0 radical (unpaired) electrons. The number of hydrazone groups is 1. The fraction of sp³-hybridized carbons (Fsp3) is 0.211. The van der Waals surface area contributed by atoms with Gasteiger partial charge in [-0.05, 0) is 55.3 Å². The minimum absolute atomic E-state index is 0.122. The van der Waals surface area contributed by atoms with E-state index in [1.165, 1.54) is 24.3 Å². The Morgan fingerprint density at radius 2 is 1.92 bits per heavy atom. The van der Waals surface area contributed by atoms with Gasteiger partial charge >= 0.3 is 0 Å². The number of halogens is 1. The number of carbonyl (C=O) groups is 2. The van der Waals surface area contributed by atoms with E-state index in [-0.39, 0.29) is 5.91 Å². The summed E-state index contributed by atoms with van der Waals surface area (Å²) in [6.45, 7) is 2.50. The van der Waals surface area contributed by atoms with E-state index in [2.05, 4.69) is 10.5 Å². The summed E-state index contributed by atoms with van der Waals surface area (Å²) in [5, 5.41) is 4.10. The molecule has 6 heteroatoms. The van der Waals surface area contributed by atoms with Gasteiger partial charge < -0.3 is 4.90 Å². The van der Waals surface area contributed by atoms with Crippen LogP contribution in [0.15, 0.2) is 53.6 Å². The Morgan fingerprint density at radius 1 is 1.16 bits per heavy atom. The van der Waals surface area contributed by atoms with Gasteiger partial charge in [-0.3, -0.25) is 9.59 Å². The van der Waals surface area contributed by atoms with E-state index in [1.54, 1.807) is 11.8 Å². The average Bonchev–Trinajstić information content (AvgIpc) is 3.06. The Bertz CT molecular complexity index is 831. The Labute approximate surface area is 145 Å². The van der Waals surface area contributed by atoms with Gasteiger partial charge in [-0.1, -0.05) is 12.1 Å². The summed E-state index contributed by atoms with van der Waals surface area (Å²) in [5.74, 6) is -0.689. The van der Waals surface area contributed by atoms with Gasteiger partial charge in [0.1, 0.15) is 5.82 Å². The zero-order valence-corrected chi connectivity index (χ0v) is 13.8. The maximum absolute atomic E-state index is 12.9. The lowest BCUT2D eigenvalue weighted by Gasteiger charge is -2.16. The Hall–Kier alpha value is -3.02. The van der Waals surface area contributed by atoms with Crippen molar-refractivity contribution >= 4 is 23.2 Å². The summed E-state index contributed by atoms with van der Waals surface area (Å²) in [7, 11) is 0. The second-order valence-corrected chi connectivity index (χ2v) is 5.84. The number of nitrogens with zero attached hydrogens (tertiary/aromatic N) is 2. The summed E-state index contributed by atoms with van der Waals surface area (Å²) in [6, 6.07) is 12.7. The van der Waals surface area contributed by atoms with Crippen molar-refractivity contribution in [1.29, 1.82) is 0 Å². The quantitative estimate of drug-likeness (QED) is 0.687. The SMILES string of the molecule is C/C(=N/NC(=O)c1ccc(F)cc1)c1cccc(N2CCCC2=O)c1. The molecule has 0 bridgehead atoms. The van der Waals surface area contributed by atoms with E-state index in [0.717, 1.165) is 24.2 Å². The van der Waals surface area contributed by atoms with E-state index >= 15 is 0 Å². The van der Waals surface area contributed by atoms with Crippen LogP contribution in [0.5, 0.6) is 0 Å². The summed E-state index contributed by atoms with van der Waals surface area (Å²) >= 11 is 0. The van der Waals surface area contributed by atoms with Gasteiger partial charge in [-0.25, -0.2) is 9.82 Å². The van der Waals surface area contributed by atoms with Crippen molar-refractivity contribution in [3.05, 3.63) is 65.5 Å². The molecule has 0 aliphatic carbocycles. The molecule has 1 aliphatic rings. The number of nitrogens with one attached hydrogen (secondary N) is 1. The van der Waals surface area contributed by atoms with E-state index in [0.29, 0.717) is 17.7 Å². The smallest absolute Gasteiger partial charge is 0.271 e. The van der Waals surface area contributed by atoms with Crippen LogP contribution in [0.25, 0.3) is 0 Å². The maximum atomic E-state index is 12.9. The maximum Gasteiger partial charge on any atom is 0.271 e. The lowest BCUT2D eigenvalue weighted by molar-refractivity contribution is -0.117. The number of hydrogen-bond donors (Lipinski definition) is 1. The number of benzene rings is 2. The van der Waals surface area contributed by atoms with Gasteiger partial charge in [0.15, 0.2) is 0 Å². The largest absolute Gasteiger partial charge is 0.312 e. The van der Waals surface area contributed by atoms with Gasteiger partial charge in [-0.2, -0.15) is 5.10 Å². The molecule has 5 nitrogen and oxygen atoms in total. The third-order valence-corrected chi connectivity index (χ3v) is 4.08. The van der Waals surface area contributed by atoms with Crippen LogP contribution in [0.4, 0.5) is 10.1 Å². The molecule has 128 valence electrons. The minimum Gasteiger partial charge on any atom is -0.312 e. The molecule has 0 aromatic heterocycles. The normalized spacial score (nSPS) is 14.7. The monoisotopic (exact) mass is 339 g/mol. The van der Waals surface area contributed by atoms with Crippen LogP contribution < -0.4 is 10.3 Å². The molecule has 1 fully saturated rings. The molecule has 25 heavy (non-hydrogen) atoms. The lowest BCUT2D eigenvalue weighted by atomic mass is 10.1. The molecule has 1 saturated heterocycles. The van der Waals surface area contributed by atoms with Crippen molar-refractivity contribution in [1.82, 2.24) is 5.43 Å². The number of hydrogen-bond acceptors (Lipinski definition) is 3. The first-order valence-electron chi connectivity index (χ1n) is 8.05. The third-order valence-electron chi connectivity index (χ3n) is 4.08. The standard InChI is InChI=1S/C19H18FN3O2/c1-13(21-22-19(25)14-7-9-16(20)10-8-14)15-4-2-5-17(12-15)23-11-3-6-18(23)24/h2,4-5,7-10,12H,3,6,11H2,1H3,(H,22,25)/b21-13-. The molecule has 3 rings (SSSR count). The highest BCUT2D eigenvalue weighted by atomic mass is 19.1. The van der Waals surface area contributed by atoms with Crippen LogP contribution in [0.2, 0.25) is 0 Å². The van der Waals surface area contributed by atoms with Crippen LogP contribution in [-0.4, -0.2) is 24.1 Å². The van der Waals surface area contributed by atoms with Crippen molar-refractivity contribution in [3.63, 3.8) is 0 Å². The molecule has 1 N–H and O–H groups in total. The minimum atomic E-state index is -0.412. The van der Waals surface area contributed by atoms with Gasteiger partial charge in [0.2, 0.25) is 5.91 Å². The molecule has 2 aromatic rings. The van der Waals surface area contributed by atoms with Crippen molar-refractivity contribution in [2.24, 2.45) is 5.10 Å². The Balaban J connectivity index is 1.72. The van der Waals surface area contributed by atoms with Crippen LogP contribution in [0, 0.1) is 5.82 Å². The molecular weight excluding hydrogens is 321 g/mol. The van der Waals surface area contributed by atoms with E-state index in [1.807, 2.05) is 24.3 Å². The summed E-state index contributed by atoms with van der Waals surface area (Å²) in [5.41, 5.74) is 5.05. The first-order chi connectivity index (χ1) is 12.0. The number of anilines is 1. The molecular formula is C19H18FN3O2. The predicted octanol–water partition coefficient (Wildman–Crippen LogP) is 3.11. The fourth-order valence-corrected chi connectivity index (χ4v) is 2.68. The second kappa shape index (κ2) is 7.25. The van der Waals surface area contributed by atoms with E-state index < -0.39 is 11.7 Å². The molecule has 2 amide bonds. The fourth-order valence-electron chi connectivity index (χ4n) is 2.68. The predicted molar refractivity (Wildman–Crippen MR) is 94.1 cm³/mol. The summed E-state index contributed by atoms with van der Waals surface area (Å²) in [4.78, 5) is 25.6. The highest BCUT2D eigenvalue weighted by molar-refractivity contribution is 6.02. The summed E-state index contributed by atoms with van der Waals surface area (Å²) < 4.78 is 12.9. The van der Waals surface area contributed by atoms with Crippen LogP contribution in [0.1, 0.15) is 35.7 Å². The van der Waals surface area contributed by atoms with Crippen LogP contribution in [-0.2, 0) is 4.79 Å². The zero-order valence-electron chi connectivity index (χ0n) is 13.8. The number of carbonyl (C=O) groups excluding carboxylic acids is 2. The van der Waals surface area contributed by atoms with Crippen molar-refractivity contribution in [2.45, 2.75) is 19.8 Å². The second-order valence-electron chi connectivity index (χ2n) is 5.84. The molecule has 0 atom stereocenters. The molecule has 0 saturated carbocycles. The van der Waals surface area contributed by atoms with Gasteiger partial charge in [-0.15, -0.1) is 0 Å². The zero-order chi connectivity index (χ0) is 17.8. The van der Waals surface area contributed by atoms with Gasteiger partial charge in [0, 0.05) is 24.2 Å². The first kappa shape index (κ1) is 16.8. The van der Waals surface area contributed by atoms with Gasteiger partial charge in [0.05, 0.1) is 5.71 Å². The van der Waals surface area contributed by atoms with Crippen LogP contribution in [0.3, 0.4) is 0 Å². The van der Waals surface area contributed by atoms with Crippen LogP contribution >= 0.6 is 0 Å². The van der Waals surface area contributed by atoms with E-state index in [4.69, 9.17) is 0 Å². The molecule has 2 aromatic carbocycles. The highest BCUT2D eigenvalue weighted by Crippen LogP contribution is 2.22. The Morgan fingerprint density at radius 3 is 2.60 bits per heavy atom. The highest BCUT2D eigenvalue weighted by Gasteiger charge is 2.21. The number of rotatable bonds is 4. The topological polar surface area (TPSA) is 61.8 Å². The molecule has 0 unspecified atom stereocenters. The van der Waals surface area contributed by atoms with Crippen molar-refractivity contribution in [2.75, 3.05) is 11.4 Å². The third kappa shape index (κ3) is 3.91. The van der Waals surface area contributed by atoms with E-state index in [9.17, 15) is 14.0 Å². The number of amides is 2. The lowest BCUT2D eigenvalue weighted by Crippen LogP contribution is -2.24. The summed E-state index contributed by atoms with van der Waals surface area (Å²) in [6.07, 6.45) is 1.44. The molecule has 0 spiro atoms. The van der Waals surface area contributed by atoms with Gasteiger partial charge in [0.25, 0.3) is 5.91 Å². The van der Waals surface area contributed by atoms with Crippen molar-refractivity contribution in [3.8, 4) is 0 Å². The van der Waals surface area contributed by atoms with Crippen molar-refractivity contribution < 1.29 is 14.0 Å². The molecule has 1 heterocycles. The Kier molecular flexibility index (Phi) is 4.88. The first-order valence-corrected chi connectivity index (χ1v) is 8.05.